The van der Waals surface area contributed by atoms with Crippen molar-refractivity contribution in [2.24, 2.45) is 5.41 Å². The van der Waals surface area contributed by atoms with Gasteiger partial charge in [-0.3, -0.25) is 9.59 Å². The highest BCUT2D eigenvalue weighted by molar-refractivity contribution is 5.85. The minimum atomic E-state index is -0.383. The summed E-state index contributed by atoms with van der Waals surface area (Å²) >= 11 is 0. The summed E-state index contributed by atoms with van der Waals surface area (Å²) < 4.78 is 9.84. The lowest BCUT2D eigenvalue weighted by Gasteiger charge is -2.35. The summed E-state index contributed by atoms with van der Waals surface area (Å²) in [6.45, 7) is 2.84. The van der Waals surface area contributed by atoms with E-state index in [1.165, 1.54) is 7.11 Å². The van der Waals surface area contributed by atoms with Crippen LogP contribution in [0.2, 0.25) is 0 Å². The molecule has 1 amide bonds. The van der Waals surface area contributed by atoms with E-state index in [2.05, 4.69) is 15.4 Å². The lowest BCUT2D eigenvalue weighted by Crippen LogP contribution is -2.50. The second-order valence-corrected chi connectivity index (χ2v) is 5.61. The minimum Gasteiger partial charge on any atom is -0.469 e. The van der Waals surface area contributed by atoms with Crippen molar-refractivity contribution < 1.29 is 19.1 Å². The Bertz CT molecular complexity index is 328. The van der Waals surface area contributed by atoms with Gasteiger partial charge in [0.25, 0.3) is 0 Å². The van der Waals surface area contributed by atoms with Crippen LogP contribution in [0.15, 0.2) is 0 Å². The molecule has 0 saturated carbocycles. The van der Waals surface area contributed by atoms with Gasteiger partial charge in [-0.05, 0) is 38.8 Å². The topological polar surface area (TPSA) is 76.7 Å². The zero-order chi connectivity index (χ0) is 15.6. The molecule has 7 heteroatoms. The van der Waals surface area contributed by atoms with Crippen LogP contribution in [-0.2, 0) is 19.1 Å². The highest BCUT2D eigenvalue weighted by Crippen LogP contribution is 2.29. The Morgan fingerprint density at radius 1 is 1.14 bits per heavy atom. The Labute approximate surface area is 139 Å². The zero-order valence-electron chi connectivity index (χ0n) is 13.6. The number of carbonyl (C=O) groups excluding carboxylic acids is 2. The summed E-state index contributed by atoms with van der Waals surface area (Å²) in [5.41, 5.74) is -0.383. The number of carbonyl (C=O) groups is 2. The quantitative estimate of drug-likeness (QED) is 0.490. The molecule has 0 atom stereocenters. The summed E-state index contributed by atoms with van der Waals surface area (Å²) in [6, 6.07) is 0. The molecule has 0 aromatic heterocycles. The molecule has 1 rings (SSSR count). The molecule has 1 aliphatic rings. The number of methoxy groups -OCH3 is 2. The van der Waals surface area contributed by atoms with Gasteiger partial charge in [0.05, 0.1) is 19.1 Å². The van der Waals surface area contributed by atoms with E-state index in [1.807, 2.05) is 0 Å². The number of ether oxygens (including phenoxy) is 2. The van der Waals surface area contributed by atoms with E-state index in [0.717, 1.165) is 45.2 Å². The largest absolute Gasteiger partial charge is 0.469 e. The van der Waals surface area contributed by atoms with E-state index in [4.69, 9.17) is 4.74 Å². The molecule has 1 aliphatic heterocycles. The van der Waals surface area contributed by atoms with Crippen LogP contribution in [0, 0.1) is 5.41 Å². The van der Waals surface area contributed by atoms with Crippen LogP contribution in [-0.4, -0.2) is 52.3 Å². The van der Waals surface area contributed by atoms with Crippen molar-refractivity contribution in [2.45, 2.75) is 38.5 Å². The van der Waals surface area contributed by atoms with Gasteiger partial charge in [0.1, 0.15) is 0 Å². The summed E-state index contributed by atoms with van der Waals surface area (Å²) in [6.07, 6.45) is 4.67. The average molecular weight is 337 g/mol. The first-order chi connectivity index (χ1) is 10.1. The number of piperidine rings is 1. The fraction of sp³-hybridized carbons (Fsp3) is 0.867. The highest BCUT2D eigenvalue weighted by atomic mass is 35.5. The Kier molecular flexibility index (Phi) is 11.2. The molecular weight excluding hydrogens is 308 g/mol. The molecule has 130 valence electrons. The van der Waals surface area contributed by atoms with Crippen LogP contribution in [0.25, 0.3) is 0 Å². The molecule has 0 spiro atoms. The zero-order valence-corrected chi connectivity index (χ0v) is 14.4. The lowest BCUT2D eigenvalue weighted by molar-refractivity contribution is -0.140. The van der Waals surface area contributed by atoms with Gasteiger partial charge in [-0.1, -0.05) is 6.42 Å². The van der Waals surface area contributed by atoms with E-state index in [-0.39, 0.29) is 29.7 Å². The second kappa shape index (κ2) is 11.7. The number of halogens is 1. The van der Waals surface area contributed by atoms with Crippen molar-refractivity contribution in [3.63, 3.8) is 0 Å². The number of esters is 1. The number of nitrogens with one attached hydrogen (secondary N) is 2. The van der Waals surface area contributed by atoms with E-state index in [9.17, 15) is 9.59 Å². The van der Waals surface area contributed by atoms with Gasteiger partial charge in [0, 0.05) is 20.1 Å². The predicted octanol–water partition coefficient (Wildman–Crippen LogP) is 1.27. The van der Waals surface area contributed by atoms with Gasteiger partial charge in [0.15, 0.2) is 0 Å². The second-order valence-electron chi connectivity index (χ2n) is 5.61. The number of hydrogen-bond donors (Lipinski definition) is 2. The third-order valence-corrected chi connectivity index (χ3v) is 4.03. The van der Waals surface area contributed by atoms with Crippen LogP contribution < -0.4 is 10.6 Å². The molecule has 1 fully saturated rings. The molecule has 1 heterocycles. The van der Waals surface area contributed by atoms with E-state index < -0.39 is 0 Å². The van der Waals surface area contributed by atoms with Crippen LogP contribution >= 0.6 is 12.4 Å². The van der Waals surface area contributed by atoms with Crippen LogP contribution in [0.3, 0.4) is 0 Å². The predicted molar refractivity (Wildman–Crippen MR) is 87.2 cm³/mol. The average Bonchev–Trinajstić information content (AvgIpc) is 2.51. The molecule has 0 aliphatic carbocycles. The third kappa shape index (κ3) is 6.94. The molecule has 1 saturated heterocycles. The summed E-state index contributed by atoms with van der Waals surface area (Å²) in [5, 5.41) is 6.29. The third-order valence-electron chi connectivity index (χ3n) is 4.03. The van der Waals surface area contributed by atoms with Crippen molar-refractivity contribution in [3.05, 3.63) is 0 Å². The lowest BCUT2D eigenvalue weighted by atomic mass is 9.78. The Morgan fingerprint density at radius 3 is 2.41 bits per heavy atom. The maximum atomic E-state index is 12.4. The molecule has 0 aromatic rings. The molecule has 6 nitrogen and oxygen atoms in total. The number of rotatable bonds is 9. The standard InChI is InChI=1S/C15H28N2O4.ClH/c1-20-12-15(7-10-16-11-8-15)14(19)17-9-5-3-4-6-13(18)21-2;/h16H,3-12H2,1-2H3,(H,17,19);1H. The number of unbranched alkanes of at least 4 members (excludes halogenated alkanes) is 2. The molecule has 22 heavy (non-hydrogen) atoms. The van der Waals surface area contributed by atoms with Crippen LogP contribution in [0.1, 0.15) is 38.5 Å². The highest BCUT2D eigenvalue weighted by Gasteiger charge is 2.39. The first kappa shape index (κ1) is 21.1. The van der Waals surface area contributed by atoms with Gasteiger partial charge in [-0.2, -0.15) is 0 Å². The first-order valence-electron chi connectivity index (χ1n) is 7.69. The van der Waals surface area contributed by atoms with Crippen molar-refractivity contribution in [1.82, 2.24) is 10.6 Å². The molecule has 2 N–H and O–H groups in total. The van der Waals surface area contributed by atoms with Gasteiger partial charge >= 0.3 is 5.97 Å². The summed E-state index contributed by atoms with van der Waals surface area (Å²) in [5.74, 6) is -0.0772. The van der Waals surface area contributed by atoms with Crippen molar-refractivity contribution in [1.29, 1.82) is 0 Å². The maximum absolute atomic E-state index is 12.4. The van der Waals surface area contributed by atoms with Crippen LogP contribution in [0.5, 0.6) is 0 Å². The minimum absolute atomic E-state index is 0. The molecule has 0 bridgehead atoms. The molecule has 0 radical (unpaired) electrons. The SMILES string of the molecule is COCC1(C(=O)NCCCCCC(=O)OC)CCNCC1.Cl. The van der Waals surface area contributed by atoms with Gasteiger partial charge < -0.3 is 20.1 Å². The monoisotopic (exact) mass is 336 g/mol. The smallest absolute Gasteiger partial charge is 0.305 e. The van der Waals surface area contributed by atoms with Crippen molar-refractivity contribution in [2.75, 3.05) is 40.5 Å². The molecule has 0 unspecified atom stereocenters. The molecular formula is C15H29ClN2O4. The van der Waals surface area contributed by atoms with Gasteiger partial charge in [-0.15, -0.1) is 12.4 Å². The molecule has 0 aromatic carbocycles. The number of amides is 1. The maximum Gasteiger partial charge on any atom is 0.305 e. The van der Waals surface area contributed by atoms with E-state index >= 15 is 0 Å². The number of hydrogen-bond acceptors (Lipinski definition) is 5. The fourth-order valence-corrected chi connectivity index (χ4v) is 2.68. The van der Waals surface area contributed by atoms with E-state index in [0.29, 0.717) is 19.6 Å². The Morgan fingerprint density at radius 2 is 1.82 bits per heavy atom. The van der Waals surface area contributed by atoms with Crippen molar-refractivity contribution >= 4 is 24.3 Å². The van der Waals surface area contributed by atoms with Gasteiger partial charge in [0.2, 0.25) is 5.91 Å². The van der Waals surface area contributed by atoms with Crippen LogP contribution in [0.4, 0.5) is 0 Å². The normalized spacial score (nSPS) is 16.5. The summed E-state index contributed by atoms with van der Waals surface area (Å²) in [7, 11) is 3.04. The Balaban J connectivity index is 0.00000441. The first-order valence-corrected chi connectivity index (χ1v) is 7.69. The fourth-order valence-electron chi connectivity index (χ4n) is 2.68. The Hall–Kier alpha value is -0.850. The van der Waals surface area contributed by atoms with Crippen molar-refractivity contribution in [3.8, 4) is 0 Å². The summed E-state index contributed by atoms with van der Waals surface area (Å²) in [4.78, 5) is 23.4. The van der Waals surface area contributed by atoms with Gasteiger partial charge in [-0.25, -0.2) is 0 Å². The van der Waals surface area contributed by atoms with E-state index in [1.54, 1.807) is 7.11 Å².